The summed E-state index contributed by atoms with van der Waals surface area (Å²) in [4.78, 5) is 28.1. The monoisotopic (exact) mass is 436 g/mol. The number of carbonyl (C=O) groups is 2. The zero-order valence-electron chi connectivity index (χ0n) is 19.4. The van der Waals surface area contributed by atoms with Crippen LogP contribution in [0.5, 0.6) is 0 Å². The highest BCUT2D eigenvalue weighted by Crippen LogP contribution is 2.29. The average Bonchev–Trinajstić information content (AvgIpc) is 2.73. The van der Waals surface area contributed by atoms with Gasteiger partial charge in [-0.3, -0.25) is 9.59 Å². The van der Waals surface area contributed by atoms with Crippen molar-refractivity contribution in [3.8, 4) is 0 Å². The summed E-state index contributed by atoms with van der Waals surface area (Å²) in [6, 6.07) is 10.5. The molecule has 0 bridgehead atoms. The topological polar surface area (TPSA) is 49.9 Å². The van der Waals surface area contributed by atoms with Crippen molar-refractivity contribution in [2.45, 2.75) is 25.9 Å². The molecule has 0 aliphatic carbocycles. The van der Waals surface area contributed by atoms with Crippen LogP contribution in [0.2, 0.25) is 13.1 Å². The van der Waals surface area contributed by atoms with Gasteiger partial charge in [0.2, 0.25) is 0 Å². The van der Waals surface area contributed by atoms with Gasteiger partial charge in [-0.15, -0.1) is 0 Å². The standard InChI is InChI=1S/C25H32N2O3Si/c1-26(2)19-11-12-21-22(15-19)31(5,6)23-16-20(27(3)4)14-18(24(23)25(21)29)10-8-7-9-13-30-17-28/h8,10-12,14-17H,7,9,13H2,1-6H3/b10-8+. The molecular weight excluding hydrogens is 404 g/mol. The molecule has 0 saturated carbocycles. The average molecular weight is 437 g/mol. The predicted molar refractivity (Wildman–Crippen MR) is 132 cm³/mol. The van der Waals surface area contributed by atoms with Crippen LogP contribution in [0.15, 0.2) is 36.4 Å². The minimum atomic E-state index is -2.09. The van der Waals surface area contributed by atoms with Crippen LogP contribution in [0.4, 0.5) is 11.4 Å². The molecule has 3 rings (SSSR count). The summed E-state index contributed by atoms with van der Waals surface area (Å²) in [5, 5.41) is 2.39. The van der Waals surface area contributed by atoms with Gasteiger partial charge in [0, 0.05) is 50.7 Å². The molecular formula is C25H32N2O3Si. The molecule has 0 N–H and O–H groups in total. The Morgan fingerprint density at radius 1 is 0.968 bits per heavy atom. The largest absolute Gasteiger partial charge is 0.468 e. The van der Waals surface area contributed by atoms with Crippen molar-refractivity contribution in [3.05, 3.63) is 53.1 Å². The first-order chi connectivity index (χ1) is 14.7. The van der Waals surface area contributed by atoms with E-state index < -0.39 is 8.07 Å². The van der Waals surface area contributed by atoms with Crippen LogP contribution in [0.1, 0.15) is 34.3 Å². The number of hydrogen-bond donors (Lipinski definition) is 0. The van der Waals surface area contributed by atoms with Gasteiger partial charge < -0.3 is 14.5 Å². The highest BCUT2D eigenvalue weighted by Gasteiger charge is 2.40. The van der Waals surface area contributed by atoms with E-state index in [0.717, 1.165) is 40.9 Å². The Labute approximate surface area is 186 Å². The zero-order chi connectivity index (χ0) is 22.8. The number of hydrogen-bond acceptors (Lipinski definition) is 5. The minimum Gasteiger partial charge on any atom is -0.468 e. The number of anilines is 2. The second kappa shape index (κ2) is 9.10. The molecule has 0 fully saturated rings. The summed E-state index contributed by atoms with van der Waals surface area (Å²) < 4.78 is 4.76. The van der Waals surface area contributed by atoms with Gasteiger partial charge in [0.05, 0.1) is 6.61 Å². The number of benzene rings is 2. The number of carbonyl (C=O) groups excluding carboxylic acids is 2. The number of fused-ring (bicyclic) bond motifs is 2. The summed E-state index contributed by atoms with van der Waals surface area (Å²) >= 11 is 0. The van der Waals surface area contributed by atoms with Crippen LogP contribution in [0, 0.1) is 0 Å². The summed E-state index contributed by atoms with van der Waals surface area (Å²) in [6.07, 6.45) is 5.66. The van der Waals surface area contributed by atoms with Gasteiger partial charge in [-0.05, 0) is 59.1 Å². The van der Waals surface area contributed by atoms with E-state index >= 15 is 0 Å². The molecule has 1 aliphatic heterocycles. The number of allylic oxidation sites excluding steroid dienone is 1. The highest BCUT2D eigenvalue weighted by atomic mass is 28.3. The fourth-order valence-electron chi connectivity index (χ4n) is 4.13. The molecule has 2 aromatic rings. The summed E-state index contributed by atoms with van der Waals surface area (Å²) in [7, 11) is 6.03. The SMILES string of the molecule is CN(C)c1ccc2c(c1)[Si](C)(C)c1cc(N(C)C)cc(/C=C/CCCOC=O)c1C2=O. The Bertz CT molecular complexity index is 1030. The maximum absolute atomic E-state index is 13.7. The van der Waals surface area contributed by atoms with Gasteiger partial charge in [0.25, 0.3) is 6.47 Å². The molecule has 2 aromatic carbocycles. The van der Waals surface area contributed by atoms with Gasteiger partial charge in [-0.2, -0.15) is 0 Å². The fraction of sp³-hybridized carbons (Fsp3) is 0.360. The maximum atomic E-state index is 13.7. The smallest absolute Gasteiger partial charge is 0.293 e. The van der Waals surface area contributed by atoms with Gasteiger partial charge in [-0.25, -0.2) is 0 Å². The third kappa shape index (κ3) is 4.44. The molecule has 31 heavy (non-hydrogen) atoms. The second-order valence-electron chi connectivity index (χ2n) is 8.94. The number of unbranched alkanes of at least 4 members (excludes halogenated alkanes) is 1. The number of ether oxygens (including phenoxy) is 1. The molecule has 0 aromatic heterocycles. The van der Waals surface area contributed by atoms with E-state index in [-0.39, 0.29) is 5.78 Å². The van der Waals surface area contributed by atoms with Gasteiger partial charge in [-0.1, -0.05) is 25.2 Å². The Kier molecular flexibility index (Phi) is 6.70. The van der Waals surface area contributed by atoms with Crippen LogP contribution in [-0.2, 0) is 9.53 Å². The molecule has 1 heterocycles. The first kappa shape index (κ1) is 22.8. The van der Waals surface area contributed by atoms with Crippen molar-refractivity contribution in [1.29, 1.82) is 0 Å². The quantitative estimate of drug-likeness (QED) is 0.361. The highest BCUT2D eigenvalue weighted by molar-refractivity contribution is 7.02. The van der Waals surface area contributed by atoms with Crippen LogP contribution in [-0.4, -0.2) is 55.1 Å². The Morgan fingerprint density at radius 2 is 1.65 bits per heavy atom. The van der Waals surface area contributed by atoms with Gasteiger partial charge in [0.1, 0.15) is 8.07 Å². The molecule has 0 radical (unpaired) electrons. The number of ketones is 1. The van der Waals surface area contributed by atoms with E-state index in [0.29, 0.717) is 13.1 Å². The van der Waals surface area contributed by atoms with E-state index in [1.165, 1.54) is 10.4 Å². The lowest BCUT2D eigenvalue weighted by Crippen LogP contribution is -2.60. The third-order valence-corrected chi connectivity index (χ3v) is 9.51. The predicted octanol–water partition coefficient (Wildman–Crippen LogP) is 3.15. The molecule has 0 spiro atoms. The molecule has 0 unspecified atom stereocenters. The third-order valence-electron chi connectivity index (χ3n) is 6.01. The van der Waals surface area contributed by atoms with Crippen molar-refractivity contribution in [2.24, 2.45) is 0 Å². The van der Waals surface area contributed by atoms with E-state index in [4.69, 9.17) is 4.74 Å². The number of rotatable bonds is 8. The molecule has 5 nitrogen and oxygen atoms in total. The van der Waals surface area contributed by atoms with E-state index in [1.54, 1.807) is 0 Å². The van der Waals surface area contributed by atoms with Crippen LogP contribution >= 0.6 is 0 Å². The van der Waals surface area contributed by atoms with E-state index in [9.17, 15) is 9.59 Å². The summed E-state index contributed by atoms with van der Waals surface area (Å²) in [5.74, 6) is 0.108. The molecule has 1 aliphatic rings. The van der Waals surface area contributed by atoms with E-state index in [2.05, 4.69) is 47.2 Å². The minimum absolute atomic E-state index is 0.108. The van der Waals surface area contributed by atoms with Crippen molar-refractivity contribution in [1.82, 2.24) is 0 Å². The van der Waals surface area contributed by atoms with E-state index in [1.807, 2.05) is 46.4 Å². The molecule has 6 heteroatoms. The molecule has 0 saturated heterocycles. The maximum Gasteiger partial charge on any atom is 0.293 e. The lowest BCUT2D eigenvalue weighted by Gasteiger charge is -2.35. The van der Waals surface area contributed by atoms with Crippen LogP contribution in [0.25, 0.3) is 6.08 Å². The first-order valence-corrected chi connectivity index (χ1v) is 13.6. The summed E-state index contributed by atoms with van der Waals surface area (Å²) in [6.45, 7) is 5.55. The van der Waals surface area contributed by atoms with Crippen molar-refractivity contribution in [2.75, 3.05) is 44.6 Å². The normalized spacial score (nSPS) is 14.2. The Balaban J connectivity index is 2.11. The van der Waals surface area contributed by atoms with Crippen molar-refractivity contribution < 1.29 is 14.3 Å². The van der Waals surface area contributed by atoms with Crippen LogP contribution < -0.4 is 20.2 Å². The molecule has 0 atom stereocenters. The van der Waals surface area contributed by atoms with Crippen LogP contribution in [0.3, 0.4) is 0 Å². The van der Waals surface area contributed by atoms with Gasteiger partial charge >= 0.3 is 0 Å². The van der Waals surface area contributed by atoms with Gasteiger partial charge in [0.15, 0.2) is 5.78 Å². The summed E-state index contributed by atoms with van der Waals surface area (Å²) in [5.41, 5.74) is 4.86. The Morgan fingerprint density at radius 3 is 2.29 bits per heavy atom. The zero-order valence-corrected chi connectivity index (χ0v) is 20.4. The lowest BCUT2D eigenvalue weighted by molar-refractivity contribution is -0.128. The Hall–Kier alpha value is -2.86. The van der Waals surface area contributed by atoms with Crippen molar-refractivity contribution >= 4 is 48.2 Å². The van der Waals surface area contributed by atoms with Crippen molar-refractivity contribution in [3.63, 3.8) is 0 Å². The number of nitrogens with zero attached hydrogens (tertiary/aromatic N) is 2. The first-order valence-electron chi connectivity index (χ1n) is 10.6. The molecule has 0 amide bonds. The molecule has 164 valence electrons. The second-order valence-corrected chi connectivity index (χ2v) is 13.3. The lowest BCUT2D eigenvalue weighted by atomic mass is 9.95. The fourth-order valence-corrected chi connectivity index (χ4v) is 7.19.